The molecule has 0 fully saturated rings. The van der Waals surface area contributed by atoms with Gasteiger partial charge < -0.3 is 14.2 Å². The van der Waals surface area contributed by atoms with Crippen LogP contribution in [0.5, 0.6) is 17.2 Å². The highest BCUT2D eigenvalue weighted by atomic mass is 16.6. The molecule has 0 atom stereocenters. The Morgan fingerprint density at radius 1 is 1.00 bits per heavy atom. The zero-order valence-corrected chi connectivity index (χ0v) is 10.2. The van der Waals surface area contributed by atoms with Crippen molar-refractivity contribution in [1.82, 2.24) is 5.48 Å². The van der Waals surface area contributed by atoms with Crippen LogP contribution in [0.25, 0.3) is 0 Å². The van der Waals surface area contributed by atoms with E-state index < -0.39 is 5.91 Å². The minimum absolute atomic E-state index is 0.293. The van der Waals surface area contributed by atoms with Gasteiger partial charge in [0.05, 0.1) is 34.0 Å². The topological polar surface area (TPSA) is 66.0 Å². The Kier molecular flexibility index (Phi) is 4.59. The number of ether oxygens (including phenoxy) is 3. The number of rotatable bonds is 5. The van der Waals surface area contributed by atoms with Gasteiger partial charge in [-0.1, -0.05) is 0 Å². The van der Waals surface area contributed by atoms with Crippen LogP contribution in [-0.2, 0) is 4.84 Å². The van der Waals surface area contributed by atoms with E-state index in [9.17, 15) is 4.79 Å². The fourth-order valence-corrected chi connectivity index (χ4v) is 1.43. The van der Waals surface area contributed by atoms with Crippen molar-refractivity contribution in [2.45, 2.75) is 0 Å². The second-order valence-electron chi connectivity index (χ2n) is 3.02. The summed E-state index contributed by atoms with van der Waals surface area (Å²) in [6.07, 6.45) is 0. The van der Waals surface area contributed by atoms with Crippen molar-refractivity contribution in [3.05, 3.63) is 17.7 Å². The fourth-order valence-electron chi connectivity index (χ4n) is 1.43. The molecule has 0 aliphatic carbocycles. The number of carbonyl (C=O) groups is 1. The van der Waals surface area contributed by atoms with Gasteiger partial charge >= 0.3 is 0 Å². The number of amides is 1. The Labute approximate surface area is 99.4 Å². The molecule has 0 spiro atoms. The predicted molar refractivity (Wildman–Crippen MR) is 60.6 cm³/mol. The molecule has 0 radical (unpaired) electrons. The second kappa shape index (κ2) is 5.95. The number of nitrogens with one attached hydrogen (secondary N) is 1. The van der Waals surface area contributed by atoms with Crippen LogP contribution >= 0.6 is 0 Å². The molecule has 0 saturated heterocycles. The molecule has 94 valence electrons. The first-order valence-electron chi connectivity index (χ1n) is 4.81. The Bertz CT molecular complexity index is 405. The van der Waals surface area contributed by atoms with Crippen LogP contribution in [0.1, 0.15) is 10.4 Å². The molecule has 0 bridgehead atoms. The van der Waals surface area contributed by atoms with Gasteiger partial charge in [-0.15, -0.1) is 0 Å². The fraction of sp³-hybridized carbons (Fsp3) is 0.364. The normalized spacial score (nSPS) is 9.65. The lowest BCUT2D eigenvalue weighted by atomic mass is 10.1. The van der Waals surface area contributed by atoms with Crippen molar-refractivity contribution < 1.29 is 23.8 Å². The van der Waals surface area contributed by atoms with E-state index in [2.05, 4.69) is 10.3 Å². The summed E-state index contributed by atoms with van der Waals surface area (Å²) in [4.78, 5) is 16.2. The van der Waals surface area contributed by atoms with Crippen LogP contribution in [0.3, 0.4) is 0 Å². The molecule has 0 aliphatic heterocycles. The van der Waals surface area contributed by atoms with E-state index in [-0.39, 0.29) is 0 Å². The van der Waals surface area contributed by atoms with Crippen molar-refractivity contribution in [3.63, 3.8) is 0 Å². The van der Waals surface area contributed by atoms with E-state index in [1.165, 1.54) is 28.4 Å². The molecule has 1 rings (SSSR count). The van der Waals surface area contributed by atoms with E-state index in [0.29, 0.717) is 22.8 Å². The molecule has 17 heavy (non-hydrogen) atoms. The SMILES string of the molecule is CONC(=O)c1ccc(OC)c(OC)c1OC. The average molecular weight is 241 g/mol. The van der Waals surface area contributed by atoms with Crippen LogP contribution in [0, 0.1) is 0 Å². The third-order valence-corrected chi connectivity index (χ3v) is 2.14. The minimum Gasteiger partial charge on any atom is -0.493 e. The highest BCUT2D eigenvalue weighted by Gasteiger charge is 2.20. The number of hydroxylamine groups is 1. The summed E-state index contributed by atoms with van der Waals surface area (Å²) in [5.74, 6) is 0.712. The molecule has 1 aromatic rings. The van der Waals surface area contributed by atoms with Gasteiger partial charge in [-0.25, -0.2) is 5.48 Å². The molecular weight excluding hydrogens is 226 g/mol. The second-order valence-corrected chi connectivity index (χ2v) is 3.02. The molecule has 0 saturated carbocycles. The number of methoxy groups -OCH3 is 3. The molecule has 1 N–H and O–H groups in total. The average Bonchev–Trinajstić information content (AvgIpc) is 2.36. The van der Waals surface area contributed by atoms with E-state index >= 15 is 0 Å². The van der Waals surface area contributed by atoms with Crippen molar-refractivity contribution in [2.75, 3.05) is 28.4 Å². The largest absolute Gasteiger partial charge is 0.493 e. The lowest BCUT2D eigenvalue weighted by Crippen LogP contribution is -2.22. The van der Waals surface area contributed by atoms with E-state index in [1.807, 2.05) is 0 Å². The lowest BCUT2D eigenvalue weighted by molar-refractivity contribution is 0.0534. The van der Waals surface area contributed by atoms with Crippen molar-refractivity contribution in [2.24, 2.45) is 0 Å². The molecule has 0 aromatic heterocycles. The summed E-state index contributed by atoms with van der Waals surface area (Å²) in [6, 6.07) is 3.18. The van der Waals surface area contributed by atoms with Gasteiger partial charge in [0.25, 0.3) is 5.91 Å². The maximum atomic E-state index is 11.7. The Morgan fingerprint density at radius 3 is 2.12 bits per heavy atom. The van der Waals surface area contributed by atoms with Crippen LogP contribution < -0.4 is 19.7 Å². The molecule has 1 aromatic carbocycles. The molecule has 6 nitrogen and oxygen atoms in total. The van der Waals surface area contributed by atoms with Gasteiger partial charge in [-0.05, 0) is 12.1 Å². The zero-order chi connectivity index (χ0) is 12.8. The number of carbonyl (C=O) groups excluding carboxylic acids is 1. The van der Waals surface area contributed by atoms with Gasteiger partial charge in [0.15, 0.2) is 11.5 Å². The molecule has 1 amide bonds. The van der Waals surface area contributed by atoms with Crippen LogP contribution in [-0.4, -0.2) is 34.3 Å². The summed E-state index contributed by atoms with van der Waals surface area (Å²) in [5, 5.41) is 0. The summed E-state index contributed by atoms with van der Waals surface area (Å²) >= 11 is 0. The molecule has 0 aliphatic rings. The van der Waals surface area contributed by atoms with E-state index in [4.69, 9.17) is 14.2 Å². The van der Waals surface area contributed by atoms with E-state index in [0.717, 1.165) is 0 Å². The standard InChI is InChI=1S/C11H15NO5/c1-14-8-6-5-7(11(13)12-17-4)9(15-2)10(8)16-3/h5-6H,1-4H3,(H,12,13). The number of hydrogen-bond donors (Lipinski definition) is 1. The maximum absolute atomic E-state index is 11.7. The third-order valence-electron chi connectivity index (χ3n) is 2.14. The molecule has 0 unspecified atom stereocenters. The maximum Gasteiger partial charge on any atom is 0.278 e. The van der Waals surface area contributed by atoms with E-state index in [1.54, 1.807) is 12.1 Å². The first-order valence-corrected chi connectivity index (χ1v) is 4.81. The predicted octanol–water partition coefficient (Wildman–Crippen LogP) is 1.00. The first-order chi connectivity index (χ1) is 8.19. The quantitative estimate of drug-likeness (QED) is 0.779. The smallest absolute Gasteiger partial charge is 0.278 e. The molecule has 0 heterocycles. The molecular formula is C11H15NO5. The monoisotopic (exact) mass is 241 g/mol. The van der Waals surface area contributed by atoms with Crippen LogP contribution in [0.15, 0.2) is 12.1 Å². The van der Waals surface area contributed by atoms with Crippen LogP contribution in [0.2, 0.25) is 0 Å². The summed E-state index contributed by atoms with van der Waals surface area (Å²) < 4.78 is 15.4. The van der Waals surface area contributed by atoms with Crippen molar-refractivity contribution >= 4 is 5.91 Å². The summed E-state index contributed by atoms with van der Waals surface area (Å²) in [5.41, 5.74) is 2.51. The van der Waals surface area contributed by atoms with Gasteiger partial charge in [-0.2, -0.15) is 0 Å². The summed E-state index contributed by atoms with van der Waals surface area (Å²) in [6.45, 7) is 0. The third kappa shape index (κ3) is 2.59. The Morgan fingerprint density at radius 2 is 1.65 bits per heavy atom. The van der Waals surface area contributed by atoms with Gasteiger partial charge in [0.1, 0.15) is 0 Å². The highest BCUT2D eigenvalue weighted by molar-refractivity contribution is 5.97. The summed E-state index contributed by atoms with van der Waals surface area (Å²) in [7, 11) is 5.77. The number of hydrogen-bond acceptors (Lipinski definition) is 5. The van der Waals surface area contributed by atoms with Gasteiger partial charge in [0.2, 0.25) is 5.75 Å². The van der Waals surface area contributed by atoms with Gasteiger partial charge in [-0.3, -0.25) is 9.63 Å². The zero-order valence-electron chi connectivity index (χ0n) is 10.2. The lowest BCUT2D eigenvalue weighted by Gasteiger charge is -2.14. The van der Waals surface area contributed by atoms with Crippen molar-refractivity contribution in [3.8, 4) is 17.2 Å². The Balaban J connectivity index is 3.27. The van der Waals surface area contributed by atoms with Crippen molar-refractivity contribution in [1.29, 1.82) is 0 Å². The minimum atomic E-state index is -0.426. The Hall–Kier alpha value is -1.95. The number of benzene rings is 1. The highest BCUT2D eigenvalue weighted by Crippen LogP contribution is 2.39. The van der Waals surface area contributed by atoms with Gasteiger partial charge in [0, 0.05) is 0 Å². The van der Waals surface area contributed by atoms with Crippen LogP contribution in [0.4, 0.5) is 0 Å². The molecule has 6 heteroatoms. The first kappa shape index (κ1) is 13.1.